The lowest BCUT2D eigenvalue weighted by atomic mass is 10.2. The Morgan fingerprint density at radius 2 is 2.05 bits per heavy atom. The summed E-state index contributed by atoms with van der Waals surface area (Å²) in [6.07, 6.45) is 0.547. The summed E-state index contributed by atoms with van der Waals surface area (Å²) < 4.78 is 27.0. The van der Waals surface area contributed by atoms with Crippen LogP contribution in [0.2, 0.25) is 0 Å². The molecule has 0 saturated carbocycles. The van der Waals surface area contributed by atoms with Gasteiger partial charge in [0.05, 0.1) is 15.6 Å². The molecule has 5 nitrogen and oxygen atoms in total. The molecule has 0 atom stereocenters. The fourth-order valence-corrected chi connectivity index (χ4v) is 3.91. The second-order valence-corrected chi connectivity index (χ2v) is 8.04. The first kappa shape index (κ1) is 16.8. The number of benzene rings is 1. The number of Topliss-reactive ketones (excluding diaryl/α,β-unsaturated/α-hetero) is 1. The van der Waals surface area contributed by atoms with Crippen LogP contribution in [0.4, 0.5) is 0 Å². The smallest absolute Gasteiger partial charge is 0.240 e. The summed E-state index contributed by atoms with van der Waals surface area (Å²) >= 11 is 1.58. The van der Waals surface area contributed by atoms with E-state index in [4.69, 9.17) is 0 Å². The molecular formula is C15H18N2O3S2. The number of rotatable bonds is 6. The van der Waals surface area contributed by atoms with Crippen molar-refractivity contribution in [2.24, 2.45) is 0 Å². The van der Waals surface area contributed by atoms with Crippen LogP contribution in [-0.4, -0.2) is 25.7 Å². The van der Waals surface area contributed by atoms with Crippen molar-refractivity contribution in [3.05, 3.63) is 45.4 Å². The Bertz CT molecular complexity index is 775. The number of hydrogen-bond donors (Lipinski definition) is 1. The van der Waals surface area contributed by atoms with Crippen molar-refractivity contribution < 1.29 is 13.2 Å². The summed E-state index contributed by atoms with van der Waals surface area (Å²) in [5.74, 6) is -0.161. The topological polar surface area (TPSA) is 76.1 Å². The van der Waals surface area contributed by atoms with Gasteiger partial charge in [0.25, 0.3) is 0 Å². The number of nitrogens with one attached hydrogen (secondary N) is 1. The van der Waals surface area contributed by atoms with Crippen LogP contribution in [0.5, 0.6) is 0 Å². The van der Waals surface area contributed by atoms with E-state index in [-0.39, 0.29) is 17.2 Å². The summed E-state index contributed by atoms with van der Waals surface area (Å²) in [5.41, 5.74) is 1.37. The van der Waals surface area contributed by atoms with Gasteiger partial charge in [0.2, 0.25) is 10.0 Å². The van der Waals surface area contributed by atoms with Crippen LogP contribution in [0, 0.1) is 13.8 Å². The number of aromatic nitrogens is 1. The standard InChI is InChI=1S/C15H18N2O3S2/c1-10-12(3)21-15(17-10)7-8-16-22(19,20)14-6-4-5-13(9-14)11(2)18/h4-6,9,16H,7-8H2,1-3H3. The first-order chi connectivity index (χ1) is 10.3. The predicted octanol–water partition coefficient (Wildman–Crippen LogP) is 2.48. The summed E-state index contributed by atoms with van der Waals surface area (Å²) in [7, 11) is -3.62. The van der Waals surface area contributed by atoms with Gasteiger partial charge in [0, 0.05) is 23.4 Å². The molecule has 2 rings (SSSR count). The van der Waals surface area contributed by atoms with E-state index >= 15 is 0 Å². The van der Waals surface area contributed by atoms with Crippen LogP contribution < -0.4 is 4.72 Å². The van der Waals surface area contributed by atoms with Crippen molar-refractivity contribution in [2.75, 3.05) is 6.54 Å². The number of aryl methyl sites for hydroxylation is 2. The monoisotopic (exact) mass is 338 g/mol. The van der Waals surface area contributed by atoms with Gasteiger partial charge < -0.3 is 0 Å². The number of thiazole rings is 1. The van der Waals surface area contributed by atoms with Gasteiger partial charge in [-0.1, -0.05) is 12.1 Å². The molecule has 0 aliphatic rings. The highest BCUT2D eigenvalue weighted by atomic mass is 32.2. The van der Waals surface area contributed by atoms with E-state index in [9.17, 15) is 13.2 Å². The molecule has 0 saturated heterocycles. The molecule has 0 radical (unpaired) electrons. The average Bonchev–Trinajstić information content (AvgIpc) is 2.77. The molecule has 0 fully saturated rings. The molecule has 0 unspecified atom stereocenters. The van der Waals surface area contributed by atoms with E-state index in [1.807, 2.05) is 13.8 Å². The number of hydrogen-bond acceptors (Lipinski definition) is 5. The minimum Gasteiger partial charge on any atom is -0.295 e. The number of carbonyl (C=O) groups is 1. The maximum Gasteiger partial charge on any atom is 0.240 e. The normalized spacial score (nSPS) is 11.6. The lowest BCUT2D eigenvalue weighted by molar-refractivity contribution is 0.101. The van der Waals surface area contributed by atoms with E-state index in [1.54, 1.807) is 23.5 Å². The fourth-order valence-electron chi connectivity index (χ4n) is 1.90. The summed E-state index contributed by atoms with van der Waals surface area (Å²) in [4.78, 5) is 17.0. The van der Waals surface area contributed by atoms with Gasteiger partial charge in [0.15, 0.2) is 5.78 Å². The van der Waals surface area contributed by atoms with Gasteiger partial charge in [-0.05, 0) is 32.9 Å². The lowest BCUT2D eigenvalue weighted by Crippen LogP contribution is -2.26. The molecule has 0 amide bonds. The third kappa shape index (κ3) is 4.00. The molecular weight excluding hydrogens is 320 g/mol. The van der Waals surface area contributed by atoms with Crippen molar-refractivity contribution in [1.82, 2.24) is 9.71 Å². The van der Waals surface area contributed by atoms with Gasteiger partial charge in [-0.2, -0.15) is 0 Å². The number of carbonyl (C=O) groups excluding carboxylic acids is 1. The molecule has 0 aliphatic carbocycles. The van der Waals surface area contributed by atoms with Crippen LogP contribution in [-0.2, 0) is 16.4 Å². The van der Waals surface area contributed by atoms with Gasteiger partial charge >= 0.3 is 0 Å². The Morgan fingerprint density at radius 1 is 1.32 bits per heavy atom. The number of nitrogens with zero attached hydrogens (tertiary/aromatic N) is 1. The van der Waals surface area contributed by atoms with Gasteiger partial charge in [-0.3, -0.25) is 4.79 Å². The van der Waals surface area contributed by atoms with E-state index in [2.05, 4.69) is 9.71 Å². The zero-order valence-corrected chi connectivity index (χ0v) is 14.3. The van der Waals surface area contributed by atoms with Crippen LogP contribution in [0.25, 0.3) is 0 Å². The molecule has 1 aromatic heterocycles. The Morgan fingerprint density at radius 3 is 2.64 bits per heavy atom. The zero-order chi connectivity index (χ0) is 16.3. The third-order valence-corrected chi connectivity index (χ3v) is 5.85. The van der Waals surface area contributed by atoms with E-state index < -0.39 is 10.0 Å². The highest BCUT2D eigenvalue weighted by Crippen LogP contribution is 2.17. The van der Waals surface area contributed by atoms with Gasteiger partial charge in [-0.15, -0.1) is 11.3 Å². The Hall–Kier alpha value is -1.57. The first-order valence-electron chi connectivity index (χ1n) is 6.83. The van der Waals surface area contributed by atoms with Crippen molar-refractivity contribution in [1.29, 1.82) is 0 Å². The van der Waals surface area contributed by atoms with Crippen molar-refractivity contribution in [3.8, 4) is 0 Å². The maximum atomic E-state index is 12.2. The average molecular weight is 338 g/mol. The highest BCUT2D eigenvalue weighted by Gasteiger charge is 2.15. The predicted molar refractivity (Wildman–Crippen MR) is 86.9 cm³/mol. The molecule has 0 spiro atoms. The molecule has 1 aromatic carbocycles. The fraction of sp³-hybridized carbons (Fsp3) is 0.333. The second kappa shape index (κ2) is 6.68. The summed E-state index contributed by atoms with van der Waals surface area (Å²) in [5, 5.41) is 0.912. The van der Waals surface area contributed by atoms with Crippen molar-refractivity contribution >= 4 is 27.1 Å². The Balaban J connectivity index is 2.05. The largest absolute Gasteiger partial charge is 0.295 e. The summed E-state index contributed by atoms with van der Waals surface area (Å²) in [6, 6.07) is 6.04. The molecule has 118 valence electrons. The molecule has 0 bridgehead atoms. The molecule has 7 heteroatoms. The molecule has 22 heavy (non-hydrogen) atoms. The van der Waals surface area contributed by atoms with E-state index in [0.717, 1.165) is 15.6 Å². The van der Waals surface area contributed by atoms with E-state index in [0.29, 0.717) is 12.0 Å². The van der Waals surface area contributed by atoms with Crippen molar-refractivity contribution in [3.63, 3.8) is 0 Å². The van der Waals surface area contributed by atoms with Gasteiger partial charge in [0.1, 0.15) is 0 Å². The third-order valence-electron chi connectivity index (χ3n) is 3.25. The molecule has 1 heterocycles. The van der Waals surface area contributed by atoms with E-state index in [1.165, 1.54) is 19.1 Å². The quantitative estimate of drug-likeness (QED) is 0.821. The zero-order valence-electron chi connectivity index (χ0n) is 12.7. The van der Waals surface area contributed by atoms with Gasteiger partial charge in [-0.25, -0.2) is 18.1 Å². The highest BCUT2D eigenvalue weighted by molar-refractivity contribution is 7.89. The first-order valence-corrected chi connectivity index (χ1v) is 9.13. The second-order valence-electron chi connectivity index (χ2n) is 4.98. The summed E-state index contributed by atoms with van der Waals surface area (Å²) in [6.45, 7) is 5.62. The SMILES string of the molecule is CC(=O)c1cccc(S(=O)(=O)NCCc2nc(C)c(C)s2)c1. The maximum absolute atomic E-state index is 12.2. The van der Waals surface area contributed by atoms with Crippen LogP contribution in [0.3, 0.4) is 0 Å². The Kier molecular flexibility index (Phi) is 5.10. The van der Waals surface area contributed by atoms with Crippen LogP contribution >= 0.6 is 11.3 Å². The van der Waals surface area contributed by atoms with Crippen LogP contribution in [0.1, 0.15) is 32.9 Å². The Labute approximate surface area is 134 Å². The molecule has 1 N–H and O–H groups in total. The molecule has 2 aromatic rings. The minimum absolute atomic E-state index is 0.103. The number of sulfonamides is 1. The minimum atomic E-state index is -3.62. The van der Waals surface area contributed by atoms with Crippen molar-refractivity contribution in [2.45, 2.75) is 32.1 Å². The van der Waals surface area contributed by atoms with Crippen LogP contribution in [0.15, 0.2) is 29.2 Å². The lowest BCUT2D eigenvalue weighted by Gasteiger charge is -2.07. The number of ketones is 1. The molecule has 0 aliphatic heterocycles.